The van der Waals surface area contributed by atoms with Gasteiger partial charge in [0, 0.05) is 10.7 Å². The second-order valence-corrected chi connectivity index (χ2v) is 7.18. The van der Waals surface area contributed by atoms with Gasteiger partial charge < -0.3 is 5.11 Å². The molecule has 24 heavy (non-hydrogen) atoms. The molecule has 0 aromatic heterocycles. The van der Waals surface area contributed by atoms with Gasteiger partial charge in [-0.05, 0) is 50.3 Å². The molecule has 5 heteroatoms. The van der Waals surface area contributed by atoms with Crippen LogP contribution in [-0.2, 0) is 9.59 Å². The topological polar surface area (TPSA) is 57.6 Å². The minimum atomic E-state index is -0.504. The lowest BCUT2D eigenvalue weighted by Gasteiger charge is -2.35. The molecule has 0 radical (unpaired) electrons. The number of aliphatic hydroxyl groups excluding tert-OH is 1. The van der Waals surface area contributed by atoms with Crippen molar-refractivity contribution in [1.82, 2.24) is 0 Å². The van der Waals surface area contributed by atoms with Crippen molar-refractivity contribution < 1.29 is 14.7 Å². The average molecular weight is 348 g/mol. The van der Waals surface area contributed by atoms with E-state index in [1.54, 1.807) is 11.0 Å². The van der Waals surface area contributed by atoms with Crippen molar-refractivity contribution in [3.63, 3.8) is 0 Å². The maximum Gasteiger partial charge on any atom is 0.294 e. The maximum atomic E-state index is 12.7. The molecule has 1 aromatic carbocycles. The van der Waals surface area contributed by atoms with E-state index >= 15 is 0 Å². The van der Waals surface area contributed by atoms with Crippen molar-refractivity contribution in [2.45, 2.75) is 52.0 Å². The molecule has 1 fully saturated rings. The summed E-state index contributed by atoms with van der Waals surface area (Å²) < 4.78 is 0. The number of carbonyl (C=O) groups excluding carboxylic acids is 2. The smallest absolute Gasteiger partial charge is 0.294 e. The summed E-state index contributed by atoms with van der Waals surface area (Å²) in [6, 6.07) is 5.02. The number of hydrogen-bond acceptors (Lipinski definition) is 3. The van der Waals surface area contributed by atoms with Gasteiger partial charge in [0.15, 0.2) is 11.5 Å². The molecular formula is C19H22ClNO3. The molecule has 1 saturated carbocycles. The quantitative estimate of drug-likeness (QED) is 0.884. The van der Waals surface area contributed by atoms with Crippen LogP contribution in [0.5, 0.6) is 0 Å². The minimum Gasteiger partial charge on any atom is -0.503 e. The highest BCUT2D eigenvalue weighted by Gasteiger charge is 2.46. The van der Waals surface area contributed by atoms with Gasteiger partial charge in [0.1, 0.15) is 0 Å². The number of aryl methyl sites for hydroxylation is 1. The fourth-order valence-corrected chi connectivity index (χ4v) is 4.08. The Labute approximate surface area is 147 Å². The predicted octanol–water partition coefficient (Wildman–Crippen LogP) is 4.35. The number of halogens is 1. The van der Waals surface area contributed by atoms with Crippen LogP contribution < -0.4 is 4.90 Å². The van der Waals surface area contributed by atoms with E-state index in [4.69, 9.17) is 11.6 Å². The van der Waals surface area contributed by atoms with Gasteiger partial charge in [0.05, 0.1) is 11.6 Å². The number of Topliss-reactive ketones (excluding diaryl/α,β-unsaturated/α-hetero) is 1. The first kappa shape index (κ1) is 17.0. The summed E-state index contributed by atoms with van der Waals surface area (Å²) in [6.45, 7) is 3.31. The molecule has 4 nitrogen and oxygen atoms in total. The normalized spacial score (nSPS) is 22.4. The Morgan fingerprint density at radius 1 is 1.25 bits per heavy atom. The molecular weight excluding hydrogens is 326 g/mol. The molecule has 0 spiro atoms. The van der Waals surface area contributed by atoms with Crippen LogP contribution in [0.2, 0.25) is 5.02 Å². The first-order valence-corrected chi connectivity index (χ1v) is 8.83. The molecule has 1 unspecified atom stereocenters. The number of rotatable bonds is 3. The summed E-state index contributed by atoms with van der Waals surface area (Å²) in [4.78, 5) is 26.4. The van der Waals surface area contributed by atoms with Gasteiger partial charge in [-0.15, -0.1) is 0 Å². The van der Waals surface area contributed by atoms with E-state index in [0.717, 1.165) is 31.2 Å². The van der Waals surface area contributed by atoms with E-state index in [1.165, 1.54) is 13.3 Å². The van der Waals surface area contributed by atoms with Crippen molar-refractivity contribution in [2.24, 2.45) is 5.92 Å². The van der Waals surface area contributed by atoms with Crippen molar-refractivity contribution >= 4 is 29.0 Å². The second-order valence-electron chi connectivity index (χ2n) is 6.77. The van der Waals surface area contributed by atoms with Gasteiger partial charge in [-0.1, -0.05) is 36.9 Å². The molecule has 0 saturated heterocycles. The fraction of sp³-hybridized carbons (Fsp3) is 0.474. The van der Waals surface area contributed by atoms with E-state index in [1.807, 2.05) is 19.1 Å². The molecule has 1 aliphatic heterocycles. The Morgan fingerprint density at radius 2 is 1.92 bits per heavy atom. The highest BCUT2D eigenvalue weighted by atomic mass is 35.5. The molecule has 1 aliphatic carbocycles. The van der Waals surface area contributed by atoms with E-state index in [2.05, 4.69) is 0 Å². The number of nitrogens with zero attached hydrogens (tertiary/aromatic N) is 1. The molecule has 0 bridgehead atoms. The SMILES string of the molecule is CC(=O)C1=C(O)C(=O)N(c2ccc(C)c(Cl)c2)C1C1CCCCC1. The van der Waals surface area contributed by atoms with Gasteiger partial charge in [-0.3, -0.25) is 14.5 Å². The molecule has 3 rings (SSSR count). The van der Waals surface area contributed by atoms with E-state index in [-0.39, 0.29) is 17.3 Å². The molecule has 1 aromatic rings. The van der Waals surface area contributed by atoms with Gasteiger partial charge in [0.2, 0.25) is 0 Å². The zero-order valence-electron chi connectivity index (χ0n) is 14.0. The van der Waals surface area contributed by atoms with E-state index in [9.17, 15) is 14.7 Å². The summed E-state index contributed by atoms with van der Waals surface area (Å²) >= 11 is 6.23. The Bertz CT molecular complexity index is 719. The second kappa shape index (κ2) is 6.60. The van der Waals surface area contributed by atoms with Crippen molar-refractivity contribution in [3.05, 3.63) is 40.1 Å². The standard InChI is InChI=1S/C19H22ClNO3/c1-11-8-9-14(10-15(11)20)21-17(13-6-4-3-5-7-13)16(12(2)22)18(23)19(21)24/h8-10,13,17,23H,3-7H2,1-2H3. The third-order valence-electron chi connectivity index (χ3n) is 5.16. The number of hydrogen-bond donors (Lipinski definition) is 1. The van der Waals surface area contributed by atoms with Crippen molar-refractivity contribution in [1.29, 1.82) is 0 Å². The van der Waals surface area contributed by atoms with Crippen LogP contribution in [0.4, 0.5) is 5.69 Å². The van der Waals surface area contributed by atoms with E-state index < -0.39 is 17.7 Å². The van der Waals surface area contributed by atoms with Gasteiger partial charge in [-0.2, -0.15) is 0 Å². The first-order valence-electron chi connectivity index (χ1n) is 8.45. The van der Waals surface area contributed by atoms with Crippen LogP contribution in [0.25, 0.3) is 0 Å². The molecule has 2 aliphatic rings. The minimum absolute atomic E-state index is 0.186. The van der Waals surface area contributed by atoms with Crippen molar-refractivity contribution in [3.8, 4) is 0 Å². The van der Waals surface area contributed by atoms with Gasteiger partial charge in [-0.25, -0.2) is 0 Å². The highest BCUT2D eigenvalue weighted by molar-refractivity contribution is 6.31. The van der Waals surface area contributed by atoms with E-state index in [0.29, 0.717) is 10.7 Å². The zero-order chi connectivity index (χ0) is 17.4. The van der Waals surface area contributed by atoms with Crippen LogP contribution in [0.1, 0.15) is 44.6 Å². The third-order valence-corrected chi connectivity index (χ3v) is 5.57. The maximum absolute atomic E-state index is 12.7. The van der Waals surface area contributed by atoms with Crippen molar-refractivity contribution in [2.75, 3.05) is 4.90 Å². The third kappa shape index (κ3) is 2.84. The number of anilines is 1. The molecule has 1 heterocycles. The lowest BCUT2D eigenvalue weighted by Crippen LogP contribution is -2.42. The van der Waals surface area contributed by atoms with Gasteiger partial charge in [0.25, 0.3) is 5.91 Å². The number of carbonyl (C=O) groups is 2. The van der Waals surface area contributed by atoms with Crippen LogP contribution in [0.3, 0.4) is 0 Å². The average Bonchev–Trinajstić information content (AvgIpc) is 2.83. The fourth-order valence-electron chi connectivity index (χ4n) is 3.91. The Kier molecular flexibility index (Phi) is 4.68. The van der Waals surface area contributed by atoms with Crippen LogP contribution >= 0.6 is 11.6 Å². The monoisotopic (exact) mass is 347 g/mol. The predicted molar refractivity (Wildman–Crippen MR) is 94.4 cm³/mol. The Morgan fingerprint density at radius 3 is 2.50 bits per heavy atom. The summed E-state index contributed by atoms with van der Waals surface area (Å²) in [5.74, 6) is -0.964. The zero-order valence-corrected chi connectivity index (χ0v) is 14.8. The molecule has 1 amide bonds. The first-order chi connectivity index (χ1) is 11.4. The molecule has 128 valence electrons. The lowest BCUT2D eigenvalue weighted by molar-refractivity contribution is -0.117. The molecule has 1 N–H and O–H groups in total. The summed E-state index contributed by atoms with van der Waals surface area (Å²) in [5.41, 5.74) is 1.81. The largest absolute Gasteiger partial charge is 0.503 e. The number of aliphatic hydroxyl groups is 1. The Balaban J connectivity index is 2.07. The summed E-state index contributed by atoms with van der Waals surface area (Å²) in [5, 5.41) is 10.9. The van der Waals surface area contributed by atoms with Gasteiger partial charge >= 0.3 is 0 Å². The summed E-state index contributed by atoms with van der Waals surface area (Å²) in [7, 11) is 0. The van der Waals surface area contributed by atoms with Crippen LogP contribution in [0, 0.1) is 12.8 Å². The number of benzene rings is 1. The molecule has 1 atom stereocenters. The van der Waals surface area contributed by atoms with Crippen LogP contribution in [-0.4, -0.2) is 22.8 Å². The Hall–Kier alpha value is -1.81. The highest BCUT2D eigenvalue weighted by Crippen LogP contribution is 2.40. The van der Waals surface area contributed by atoms with Crippen LogP contribution in [0.15, 0.2) is 29.5 Å². The number of amides is 1. The summed E-state index contributed by atoms with van der Waals surface area (Å²) in [6.07, 6.45) is 5.27. The number of ketones is 1. The lowest BCUT2D eigenvalue weighted by atomic mass is 9.80.